The summed E-state index contributed by atoms with van der Waals surface area (Å²) >= 11 is 0. The number of aliphatic imine (C=N–C) groups is 1. The fraction of sp³-hybridized carbons (Fsp3) is 0.500. The van der Waals surface area contributed by atoms with Crippen molar-refractivity contribution in [2.75, 3.05) is 20.1 Å². The van der Waals surface area contributed by atoms with Crippen molar-refractivity contribution < 1.29 is 4.79 Å². The molecule has 21 heavy (non-hydrogen) atoms. The Morgan fingerprint density at radius 3 is 2.43 bits per heavy atom. The minimum Gasteiger partial charge on any atom is -0.370 e. The van der Waals surface area contributed by atoms with Crippen LogP contribution in [0.4, 0.5) is 5.69 Å². The van der Waals surface area contributed by atoms with E-state index >= 15 is 0 Å². The number of piperidine rings is 1. The zero-order chi connectivity index (χ0) is 15.2. The number of nitrogens with two attached hydrogens (primary N) is 2. The lowest BCUT2D eigenvalue weighted by atomic mass is 9.90. The second-order valence-electron chi connectivity index (χ2n) is 5.79. The van der Waals surface area contributed by atoms with Gasteiger partial charge in [0, 0.05) is 12.0 Å². The van der Waals surface area contributed by atoms with E-state index in [1.165, 1.54) is 12.8 Å². The highest BCUT2D eigenvalue weighted by Crippen LogP contribution is 2.22. The number of ketones is 1. The van der Waals surface area contributed by atoms with Crippen molar-refractivity contribution in [3.8, 4) is 0 Å². The summed E-state index contributed by atoms with van der Waals surface area (Å²) < 4.78 is 0. The molecule has 5 nitrogen and oxygen atoms in total. The smallest absolute Gasteiger partial charge is 0.191 e. The first kappa shape index (κ1) is 15.5. The standard InChI is InChI=1S/C16H24N4O/c1-20-10-8-12(9-11-20)2-7-15(21)13-3-5-14(6-4-13)19-16(17)18/h3-6,12H,2,7-11H2,1H3,(H4,17,18,19). The fourth-order valence-corrected chi connectivity index (χ4v) is 2.70. The predicted molar refractivity (Wildman–Crippen MR) is 85.7 cm³/mol. The van der Waals surface area contributed by atoms with E-state index in [1.54, 1.807) is 24.3 Å². The predicted octanol–water partition coefficient (Wildman–Crippen LogP) is 1.90. The van der Waals surface area contributed by atoms with Gasteiger partial charge in [0.25, 0.3) is 0 Å². The van der Waals surface area contributed by atoms with E-state index in [-0.39, 0.29) is 11.7 Å². The highest BCUT2D eigenvalue weighted by atomic mass is 16.1. The lowest BCUT2D eigenvalue weighted by Crippen LogP contribution is -2.30. The average molecular weight is 288 g/mol. The molecule has 0 aliphatic carbocycles. The molecule has 114 valence electrons. The van der Waals surface area contributed by atoms with Gasteiger partial charge in [-0.25, -0.2) is 4.99 Å². The number of rotatable bonds is 5. The van der Waals surface area contributed by atoms with Crippen molar-refractivity contribution in [2.45, 2.75) is 25.7 Å². The molecule has 1 heterocycles. The number of Topliss-reactive ketones (excluding diaryl/α,β-unsaturated/α-hetero) is 1. The van der Waals surface area contributed by atoms with Crippen LogP contribution >= 0.6 is 0 Å². The summed E-state index contributed by atoms with van der Waals surface area (Å²) in [5, 5.41) is 0. The van der Waals surface area contributed by atoms with Crippen LogP contribution < -0.4 is 11.5 Å². The van der Waals surface area contributed by atoms with Gasteiger partial charge in [0.05, 0.1) is 5.69 Å². The van der Waals surface area contributed by atoms with Gasteiger partial charge >= 0.3 is 0 Å². The normalized spacial score (nSPS) is 16.6. The Kier molecular flexibility index (Phi) is 5.33. The Hall–Kier alpha value is -1.88. The number of guanidine groups is 1. The van der Waals surface area contributed by atoms with E-state index in [1.807, 2.05) is 0 Å². The Labute approximate surface area is 126 Å². The minimum absolute atomic E-state index is 0.0244. The number of hydrogen-bond donors (Lipinski definition) is 2. The molecule has 1 aromatic carbocycles. The molecule has 2 rings (SSSR count). The van der Waals surface area contributed by atoms with Crippen LogP contribution in [0.2, 0.25) is 0 Å². The molecular formula is C16H24N4O. The maximum atomic E-state index is 12.2. The van der Waals surface area contributed by atoms with E-state index in [0.29, 0.717) is 18.0 Å². The third kappa shape index (κ3) is 4.86. The Morgan fingerprint density at radius 2 is 1.86 bits per heavy atom. The van der Waals surface area contributed by atoms with Gasteiger partial charge in [0.15, 0.2) is 11.7 Å². The molecule has 0 amide bonds. The second kappa shape index (κ2) is 7.22. The third-order valence-electron chi connectivity index (χ3n) is 4.07. The van der Waals surface area contributed by atoms with Gasteiger partial charge in [0.1, 0.15) is 0 Å². The number of likely N-dealkylation sites (tertiary alicyclic amines) is 1. The number of benzene rings is 1. The summed E-state index contributed by atoms with van der Waals surface area (Å²) in [6.45, 7) is 2.29. The third-order valence-corrected chi connectivity index (χ3v) is 4.07. The van der Waals surface area contributed by atoms with Crippen LogP contribution in [-0.4, -0.2) is 36.8 Å². The second-order valence-corrected chi connectivity index (χ2v) is 5.79. The molecule has 0 bridgehead atoms. The molecule has 1 fully saturated rings. The molecule has 1 saturated heterocycles. The molecule has 0 saturated carbocycles. The molecular weight excluding hydrogens is 264 g/mol. The van der Waals surface area contributed by atoms with Crippen LogP contribution in [0.15, 0.2) is 29.3 Å². The summed E-state index contributed by atoms with van der Waals surface area (Å²) in [5.74, 6) is 0.910. The van der Waals surface area contributed by atoms with Crippen LogP contribution in [0.25, 0.3) is 0 Å². The summed E-state index contributed by atoms with van der Waals surface area (Å²) in [6.07, 6.45) is 4.01. The van der Waals surface area contributed by atoms with Crippen molar-refractivity contribution in [1.29, 1.82) is 0 Å². The highest BCUT2D eigenvalue weighted by Gasteiger charge is 2.17. The van der Waals surface area contributed by atoms with E-state index in [9.17, 15) is 4.79 Å². The zero-order valence-electron chi connectivity index (χ0n) is 12.6. The Balaban J connectivity index is 1.84. The minimum atomic E-state index is 0.0244. The number of hydrogen-bond acceptors (Lipinski definition) is 3. The molecule has 0 unspecified atom stereocenters. The van der Waals surface area contributed by atoms with Crippen molar-refractivity contribution >= 4 is 17.4 Å². The summed E-state index contributed by atoms with van der Waals surface area (Å²) in [5.41, 5.74) is 12.0. The molecule has 0 aromatic heterocycles. The maximum Gasteiger partial charge on any atom is 0.191 e. The van der Waals surface area contributed by atoms with E-state index in [4.69, 9.17) is 11.5 Å². The SMILES string of the molecule is CN1CCC(CCC(=O)c2ccc(N=C(N)N)cc2)CC1. The molecule has 0 atom stereocenters. The largest absolute Gasteiger partial charge is 0.370 e. The molecule has 1 aromatic rings. The Morgan fingerprint density at radius 1 is 1.24 bits per heavy atom. The van der Waals surface area contributed by atoms with Crippen molar-refractivity contribution in [2.24, 2.45) is 22.4 Å². The van der Waals surface area contributed by atoms with Gasteiger partial charge < -0.3 is 16.4 Å². The van der Waals surface area contributed by atoms with Crippen LogP contribution in [-0.2, 0) is 0 Å². The first-order valence-electron chi connectivity index (χ1n) is 7.46. The maximum absolute atomic E-state index is 12.2. The van der Waals surface area contributed by atoms with Gasteiger partial charge in [-0.3, -0.25) is 4.79 Å². The first-order chi connectivity index (χ1) is 10.0. The lowest BCUT2D eigenvalue weighted by Gasteiger charge is -2.28. The van der Waals surface area contributed by atoms with Crippen molar-refractivity contribution in [1.82, 2.24) is 4.90 Å². The fourth-order valence-electron chi connectivity index (χ4n) is 2.70. The zero-order valence-corrected chi connectivity index (χ0v) is 12.6. The van der Waals surface area contributed by atoms with Gasteiger partial charge in [-0.05, 0) is 69.6 Å². The van der Waals surface area contributed by atoms with Crippen LogP contribution in [0.1, 0.15) is 36.0 Å². The van der Waals surface area contributed by atoms with E-state index < -0.39 is 0 Å². The number of nitrogens with zero attached hydrogens (tertiary/aromatic N) is 2. The first-order valence-corrected chi connectivity index (χ1v) is 7.46. The van der Waals surface area contributed by atoms with Crippen molar-refractivity contribution in [3.05, 3.63) is 29.8 Å². The monoisotopic (exact) mass is 288 g/mol. The van der Waals surface area contributed by atoms with Gasteiger partial charge in [-0.1, -0.05) is 0 Å². The summed E-state index contributed by atoms with van der Waals surface area (Å²) in [7, 11) is 2.15. The van der Waals surface area contributed by atoms with Crippen LogP contribution in [0.3, 0.4) is 0 Å². The number of carbonyl (C=O) groups is 1. The molecule has 0 spiro atoms. The lowest BCUT2D eigenvalue weighted by molar-refractivity contribution is 0.0965. The molecule has 4 N–H and O–H groups in total. The summed E-state index contributed by atoms with van der Waals surface area (Å²) in [6, 6.07) is 7.11. The van der Waals surface area contributed by atoms with Crippen LogP contribution in [0.5, 0.6) is 0 Å². The summed E-state index contributed by atoms with van der Waals surface area (Å²) in [4.78, 5) is 18.5. The van der Waals surface area contributed by atoms with E-state index in [0.717, 1.165) is 25.1 Å². The Bertz CT molecular complexity index is 498. The molecule has 5 heteroatoms. The van der Waals surface area contributed by atoms with Gasteiger partial charge in [-0.2, -0.15) is 0 Å². The molecule has 1 aliphatic rings. The quantitative estimate of drug-likeness (QED) is 0.492. The highest BCUT2D eigenvalue weighted by molar-refractivity contribution is 5.96. The topological polar surface area (TPSA) is 84.7 Å². The van der Waals surface area contributed by atoms with Crippen LogP contribution in [0, 0.1) is 5.92 Å². The van der Waals surface area contributed by atoms with E-state index in [2.05, 4.69) is 16.9 Å². The van der Waals surface area contributed by atoms with Gasteiger partial charge in [0.2, 0.25) is 0 Å². The van der Waals surface area contributed by atoms with Crippen molar-refractivity contribution in [3.63, 3.8) is 0 Å². The molecule has 1 aliphatic heterocycles. The molecule has 0 radical (unpaired) electrons. The van der Waals surface area contributed by atoms with Gasteiger partial charge in [-0.15, -0.1) is 0 Å². The number of carbonyl (C=O) groups excluding carboxylic acids is 1. The average Bonchev–Trinajstić information content (AvgIpc) is 2.46.